The van der Waals surface area contributed by atoms with Gasteiger partial charge in [0.25, 0.3) is 0 Å². The van der Waals surface area contributed by atoms with Crippen molar-refractivity contribution >= 4 is 33.4 Å². The molecule has 5 rings (SSSR count). The number of carbonyl (C=O) groups is 2. The number of thiophene rings is 1. The van der Waals surface area contributed by atoms with E-state index in [0.717, 1.165) is 51.7 Å². The fourth-order valence-corrected chi connectivity index (χ4v) is 6.36. The zero-order valence-electron chi connectivity index (χ0n) is 25.3. The molecule has 1 aliphatic heterocycles. The van der Waals surface area contributed by atoms with E-state index in [4.69, 9.17) is 18.9 Å². The van der Waals surface area contributed by atoms with E-state index in [9.17, 15) is 9.59 Å². The van der Waals surface area contributed by atoms with Crippen LogP contribution in [-0.4, -0.2) is 55.3 Å². The van der Waals surface area contributed by atoms with Crippen molar-refractivity contribution in [2.75, 3.05) is 32.8 Å². The molecule has 43 heavy (non-hydrogen) atoms. The van der Waals surface area contributed by atoms with Crippen molar-refractivity contribution in [3.63, 3.8) is 0 Å². The summed E-state index contributed by atoms with van der Waals surface area (Å²) in [6.45, 7) is 11.7. The van der Waals surface area contributed by atoms with Crippen molar-refractivity contribution in [3.8, 4) is 27.7 Å². The van der Waals surface area contributed by atoms with E-state index in [-0.39, 0.29) is 5.78 Å². The Kier molecular flexibility index (Phi) is 9.68. The number of carbonyl (C=O) groups excluding carboxylic acids is 2. The third kappa shape index (κ3) is 7.94. The van der Waals surface area contributed by atoms with Gasteiger partial charge in [-0.1, -0.05) is 6.42 Å². The molecule has 0 aliphatic carbocycles. The van der Waals surface area contributed by atoms with Crippen LogP contribution in [0.4, 0.5) is 4.79 Å². The maximum absolute atomic E-state index is 14.0. The third-order valence-electron chi connectivity index (χ3n) is 7.15. The molecule has 226 valence electrons. The van der Waals surface area contributed by atoms with Crippen molar-refractivity contribution in [2.45, 2.75) is 52.6 Å². The molecule has 7 nitrogen and oxygen atoms in total. The molecule has 0 atom stereocenters. The van der Waals surface area contributed by atoms with Crippen LogP contribution in [0.5, 0.6) is 17.2 Å². The van der Waals surface area contributed by atoms with Crippen LogP contribution >= 0.6 is 11.3 Å². The zero-order chi connectivity index (χ0) is 30.4. The van der Waals surface area contributed by atoms with Crippen LogP contribution in [0.1, 0.15) is 62.9 Å². The van der Waals surface area contributed by atoms with Crippen molar-refractivity contribution < 1.29 is 28.5 Å². The van der Waals surface area contributed by atoms with Crippen molar-refractivity contribution in [1.29, 1.82) is 0 Å². The maximum Gasteiger partial charge on any atom is 0.514 e. The first-order chi connectivity index (χ1) is 20.7. The molecule has 1 aliphatic rings. The lowest BCUT2D eigenvalue weighted by molar-refractivity contribution is 0.0206. The van der Waals surface area contributed by atoms with E-state index in [0.29, 0.717) is 30.1 Å². The van der Waals surface area contributed by atoms with Gasteiger partial charge in [0.15, 0.2) is 5.78 Å². The van der Waals surface area contributed by atoms with Crippen LogP contribution in [0, 0.1) is 0 Å². The van der Waals surface area contributed by atoms with Crippen LogP contribution in [0.2, 0.25) is 0 Å². The van der Waals surface area contributed by atoms with Crippen molar-refractivity contribution in [2.24, 2.45) is 0 Å². The number of piperidine rings is 1. The minimum Gasteiger partial charge on any atom is -0.494 e. The largest absolute Gasteiger partial charge is 0.514 e. The lowest BCUT2D eigenvalue weighted by Crippen LogP contribution is -2.33. The molecule has 1 saturated heterocycles. The van der Waals surface area contributed by atoms with Crippen LogP contribution in [0.3, 0.4) is 0 Å². The summed E-state index contributed by atoms with van der Waals surface area (Å²) in [6.07, 6.45) is 3.07. The van der Waals surface area contributed by atoms with E-state index in [1.807, 2.05) is 61.5 Å². The average Bonchev–Trinajstić information content (AvgIpc) is 3.36. The lowest BCUT2D eigenvalue weighted by Gasteiger charge is -2.26. The van der Waals surface area contributed by atoms with Crippen LogP contribution in [-0.2, 0) is 4.74 Å². The molecule has 0 N–H and O–H groups in total. The quantitative estimate of drug-likeness (QED) is 0.103. The first-order valence-electron chi connectivity index (χ1n) is 14.9. The summed E-state index contributed by atoms with van der Waals surface area (Å²) in [4.78, 5) is 29.5. The van der Waals surface area contributed by atoms with E-state index >= 15 is 0 Å². The predicted molar refractivity (Wildman–Crippen MR) is 171 cm³/mol. The number of ketones is 1. The minimum atomic E-state index is -0.764. The minimum absolute atomic E-state index is 0.0700. The van der Waals surface area contributed by atoms with Gasteiger partial charge in [0.1, 0.15) is 29.5 Å². The fourth-order valence-electron chi connectivity index (χ4n) is 5.13. The summed E-state index contributed by atoms with van der Waals surface area (Å²) >= 11 is 1.53. The van der Waals surface area contributed by atoms with Gasteiger partial charge in [0, 0.05) is 32.6 Å². The Labute approximate surface area is 257 Å². The molecule has 0 spiro atoms. The Hall–Kier alpha value is -3.88. The second kappa shape index (κ2) is 13.6. The molecule has 0 amide bonds. The molecule has 3 aromatic carbocycles. The second-order valence-corrected chi connectivity index (χ2v) is 12.6. The topological polar surface area (TPSA) is 74.3 Å². The molecule has 0 bridgehead atoms. The van der Waals surface area contributed by atoms with Gasteiger partial charge in [-0.3, -0.25) is 9.69 Å². The Morgan fingerprint density at radius 1 is 0.837 bits per heavy atom. The Morgan fingerprint density at radius 2 is 1.51 bits per heavy atom. The van der Waals surface area contributed by atoms with Gasteiger partial charge in [0.05, 0.1) is 6.61 Å². The first kappa shape index (κ1) is 30.6. The summed E-state index contributed by atoms with van der Waals surface area (Å²) in [5, 5.41) is 0.865. The van der Waals surface area contributed by atoms with Gasteiger partial charge in [-0.15, -0.1) is 11.3 Å². The van der Waals surface area contributed by atoms with Gasteiger partial charge in [-0.25, -0.2) is 4.79 Å². The number of likely N-dealkylation sites (tertiary alicyclic amines) is 1. The highest BCUT2D eigenvalue weighted by Crippen LogP contribution is 2.42. The summed E-state index contributed by atoms with van der Waals surface area (Å²) in [5.74, 6) is 1.81. The van der Waals surface area contributed by atoms with Gasteiger partial charge < -0.3 is 18.9 Å². The molecule has 8 heteroatoms. The third-order valence-corrected chi connectivity index (χ3v) is 8.35. The maximum atomic E-state index is 14.0. The number of nitrogens with zero attached hydrogens (tertiary/aromatic N) is 1. The number of ether oxygens (including phenoxy) is 4. The van der Waals surface area contributed by atoms with Crippen molar-refractivity contribution in [3.05, 3.63) is 77.9 Å². The molecular weight excluding hydrogens is 562 g/mol. The van der Waals surface area contributed by atoms with E-state index in [1.54, 1.807) is 32.9 Å². The highest BCUT2D eigenvalue weighted by atomic mass is 32.1. The number of hydrogen-bond acceptors (Lipinski definition) is 8. The number of benzene rings is 3. The van der Waals surface area contributed by atoms with E-state index in [1.165, 1.54) is 30.6 Å². The van der Waals surface area contributed by atoms with E-state index < -0.39 is 11.8 Å². The second-order valence-electron chi connectivity index (χ2n) is 11.6. The van der Waals surface area contributed by atoms with Gasteiger partial charge in [-0.05, 0) is 126 Å². The highest BCUT2D eigenvalue weighted by Gasteiger charge is 2.23. The Morgan fingerprint density at radius 3 is 2.19 bits per heavy atom. The van der Waals surface area contributed by atoms with Crippen molar-refractivity contribution in [1.82, 2.24) is 4.90 Å². The van der Waals surface area contributed by atoms with Crippen LogP contribution in [0.25, 0.3) is 20.5 Å². The number of fused-ring (bicyclic) bond motifs is 1. The Bertz CT molecular complexity index is 1550. The highest BCUT2D eigenvalue weighted by molar-refractivity contribution is 7.22. The molecular formula is C35H39NO6S. The van der Waals surface area contributed by atoms with Gasteiger partial charge >= 0.3 is 6.16 Å². The zero-order valence-corrected chi connectivity index (χ0v) is 26.1. The average molecular weight is 602 g/mol. The first-order valence-corrected chi connectivity index (χ1v) is 15.7. The normalized spacial score (nSPS) is 14.0. The lowest BCUT2D eigenvalue weighted by atomic mass is 9.97. The molecule has 0 radical (unpaired) electrons. The van der Waals surface area contributed by atoms with Gasteiger partial charge in [0.2, 0.25) is 0 Å². The smallest absolute Gasteiger partial charge is 0.494 e. The molecule has 4 aromatic rings. The monoisotopic (exact) mass is 601 g/mol. The fraction of sp³-hybridized carbons (Fsp3) is 0.371. The summed E-state index contributed by atoms with van der Waals surface area (Å²) in [6, 6.07) is 20.3. The molecule has 1 aromatic heterocycles. The predicted octanol–water partition coefficient (Wildman–Crippen LogP) is 8.38. The summed E-state index contributed by atoms with van der Waals surface area (Å²) in [7, 11) is 0. The molecule has 0 unspecified atom stereocenters. The van der Waals surface area contributed by atoms with Crippen LogP contribution in [0.15, 0.2) is 66.7 Å². The summed E-state index contributed by atoms with van der Waals surface area (Å²) < 4.78 is 23.3. The molecule has 1 fully saturated rings. The summed E-state index contributed by atoms with van der Waals surface area (Å²) in [5.41, 5.74) is 1.41. The van der Waals surface area contributed by atoms with Crippen LogP contribution < -0.4 is 14.2 Å². The molecule has 0 saturated carbocycles. The standard InChI is InChI=1S/C35H39NO6S/c1-5-39-28-17-18-29-30(23-28)43-33(25-11-15-27(16-12-25)41-34(38)42-35(2,3)4)31(29)32(37)24-9-13-26(14-10-24)40-22-21-36-19-7-6-8-20-36/h9-18,23H,5-8,19-22H2,1-4H3. The SMILES string of the molecule is CCOc1ccc2c(C(=O)c3ccc(OCCN4CCCCC4)cc3)c(-c3ccc(OC(=O)OC(C)(C)C)cc3)sc2c1. The number of hydrogen-bond donors (Lipinski definition) is 0. The Balaban J connectivity index is 1.38. The molecule has 2 heterocycles. The van der Waals surface area contributed by atoms with Gasteiger partial charge in [-0.2, -0.15) is 0 Å². The van der Waals surface area contributed by atoms with E-state index in [2.05, 4.69) is 4.90 Å². The number of rotatable bonds is 10.